The number of carbonyl (C=O) groups is 2. The van der Waals surface area contributed by atoms with E-state index in [2.05, 4.69) is 0 Å². The summed E-state index contributed by atoms with van der Waals surface area (Å²) in [5.41, 5.74) is -0.129. The maximum absolute atomic E-state index is 13.9. The lowest BCUT2D eigenvalue weighted by Crippen LogP contribution is -2.20. The van der Waals surface area contributed by atoms with Crippen molar-refractivity contribution in [1.82, 2.24) is 5.48 Å². The summed E-state index contributed by atoms with van der Waals surface area (Å²) in [5.74, 6) is -1.76. The molecule has 0 aromatic heterocycles. The van der Waals surface area contributed by atoms with Gasteiger partial charge in [-0.15, -0.1) is 0 Å². The van der Waals surface area contributed by atoms with Gasteiger partial charge < -0.3 is 18.9 Å². The van der Waals surface area contributed by atoms with Crippen LogP contribution >= 0.6 is 0 Å². The number of ketones is 1. The van der Waals surface area contributed by atoms with Crippen LogP contribution in [0.25, 0.3) is 12.2 Å². The Balaban J connectivity index is 2.62. The van der Waals surface area contributed by atoms with E-state index in [1.165, 1.54) is 58.2 Å². The summed E-state index contributed by atoms with van der Waals surface area (Å²) in [5, 5.41) is 8.60. The Bertz CT molecular complexity index is 1100. The number of benzene rings is 2. The quantitative estimate of drug-likeness (QED) is 0.241. The number of alkyl halides is 3. The van der Waals surface area contributed by atoms with Crippen LogP contribution in [0.3, 0.4) is 0 Å². The number of hydroxylamine groups is 1. The Morgan fingerprint density at radius 2 is 1.50 bits per heavy atom. The van der Waals surface area contributed by atoms with Gasteiger partial charge in [0.05, 0.1) is 28.4 Å². The van der Waals surface area contributed by atoms with Crippen LogP contribution in [0, 0.1) is 0 Å². The highest BCUT2D eigenvalue weighted by atomic mass is 19.4. The van der Waals surface area contributed by atoms with Crippen molar-refractivity contribution in [3.8, 4) is 23.0 Å². The molecule has 2 aromatic carbocycles. The molecular formula is C23H22F3NO7. The molecule has 0 saturated heterocycles. The summed E-state index contributed by atoms with van der Waals surface area (Å²) in [6.45, 7) is 0. The number of nitrogens with one attached hydrogen (secondary N) is 1. The molecule has 2 rings (SSSR count). The number of Topliss-reactive ketones (excluding diaryl/α,β-unsaturated/α-hetero) is 1. The van der Waals surface area contributed by atoms with Gasteiger partial charge in [-0.3, -0.25) is 14.8 Å². The van der Waals surface area contributed by atoms with E-state index >= 15 is 0 Å². The summed E-state index contributed by atoms with van der Waals surface area (Å²) in [6, 6.07) is 6.23. The van der Waals surface area contributed by atoms with Crippen molar-refractivity contribution >= 4 is 23.8 Å². The van der Waals surface area contributed by atoms with E-state index in [9.17, 15) is 22.8 Å². The van der Waals surface area contributed by atoms with Gasteiger partial charge in [0, 0.05) is 17.2 Å². The van der Waals surface area contributed by atoms with Crippen molar-refractivity contribution in [2.45, 2.75) is 6.18 Å². The smallest absolute Gasteiger partial charge is 0.420 e. The van der Waals surface area contributed by atoms with Crippen molar-refractivity contribution < 1.29 is 46.9 Å². The fourth-order valence-corrected chi connectivity index (χ4v) is 2.99. The molecule has 0 bridgehead atoms. The van der Waals surface area contributed by atoms with Gasteiger partial charge in [-0.05, 0) is 42.0 Å². The fourth-order valence-electron chi connectivity index (χ4n) is 2.99. The number of allylic oxidation sites excluding steroid dienone is 1. The lowest BCUT2D eigenvalue weighted by atomic mass is 9.98. The highest BCUT2D eigenvalue weighted by Crippen LogP contribution is 2.40. The Labute approximate surface area is 193 Å². The van der Waals surface area contributed by atoms with Crippen molar-refractivity contribution in [2.75, 3.05) is 28.4 Å². The molecule has 182 valence electrons. The van der Waals surface area contributed by atoms with Gasteiger partial charge in [0.15, 0.2) is 17.3 Å². The zero-order valence-corrected chi connectivity index (χ0v) is 18.6. The minimum Gasteiger partial charge on any atom is -0.496 e. The number of hydrogen-bond acceptors (Lipinski definition) is 7. The molecule has 0 radical (unpaired) electrons. The van der Waals surface area contributed by atoms with E-state index in [1.54, 1.807) is 0 Å². The molecule has 0 heterocycles. The third-order valence-corrected chi connectivity index (χ3v) is 4.57. The van der Waals surface area contributed by atoms with E-state index < -0.39 is 23.4 Å². The van der Waals surface area contributed by atoms with Gasteiger partial charge in [0.2, 0.25) is 5.75 Å². The number of carbonyl (C=O) groups excluding carboxylic acids is 2. The molecular weight excluding hydrogens is 459 g/mol. The van der Waals surface area contributed by atoms with Gasteiger partial charge in [-0.1, -0.05) is 6.07 Å². The zero-order chi connectivity index (χ0) is 25.5. The van der Waals surface area contributed by atoms with Gasteiger partial charge >= 0.3 is 6.18 Å². The summed E-state index contributed by atoms with van der Waals surface area (Å²) in [7, 11) is 5.21. The molecule has 0 atom stereocenters. The predicted molar refractivity (Wildman–Crippen MR) is 116 cm³/mol. The topological polar surface area (TPSA) is 103 Å². The van der Waals surface area contributed by atoms with E-state index in [0.717, 1.165) is 18.2 Å². The second-order valence-electron chi connectivity index (χ2n) is 6.61. The highest BCUT2D eigenvalue weighted by molar-refractivity contribution is 6.12. The molecule has 11 heteroatoms. The number of amides is 1. The summed E-state index contributed by atoms with van der Waals surface area (Å²) >= 11 is 0. The number of rotatable bonds is 9. The molecule has 8 nitrogen and oxygen atoms in total. The first-order valence-corrected chi connectivity index (χ1v) is 9.53. The van der Waals surface area contributed by atoms with Crippen molar-refractivity contribution in [2.24, 2.45) is 0 Å². The maximum atomic E-state index is 13.9. The van der Waals surface area contributed by atoms with Crippen LogP contribution in [-0.4, -0.2) is 51.5 Å². The highest BCUT2D eigenvalue weighted by Gasteiger charge is 2.39. The molecule has 2 aromatic rings. The Hall–Kier alpha value is -3.99. The van der Waals surface area contributed by atoms with Crippen LogP contribution in [-0.2, 0) is 4.79 Å². The monoisotopic (exact) mass is 481 g/mol. The maximum Gasteiger partial charge on any atom is 0.420 e. The standard InChI is InChI=1S/C23H22F3NO7/c1-31-17-7-5-13(9-14(17)6-8-20(28)27-30)10-16(23(24,25)26)21(29)15-11-18(32-2)22(34-4)19(12-15)33-3/h5-12,30H,1-4H3,(H,27,28). The van der Waals surface area contributed by atoms with Crippen LogP contribution in [0.5, 0.6) is 23.0 Å². The Kier molecular flexibility index (Phi) is 8.68. The lowest BCUT2D eigenvalue weighted by Gasteiger charge is -2.16. The number of methoxy groups -OCH3 is 4. The third-order valence-electron chi connectivity index (χ3n) is 4.57. The molecule has 1 amide bonds. The molecule has 0 unspecified atom stereocenters. The summed E-state index contributed by atoms with van der Waals surface area (Å²) in [6.07, 6.45) is -2.13. The van der Waals surface area contributed by atoms with Crippen molar-refractivity contribution in [3.05, 3.63) is 58.7 Å². The summed E-state index contributed by atoms with van der Waals surface area (Å²) in [4.78, 5) is 24.2. The van der Waals surface area contributed by atoms with Crippen LogP contribution in [0.15, 0.2) is 42.0 Å². The van der Waals surface area contributed by atoms with Crippen LogP contribution in [0.1, 0.15) is 21.5 Å². The number of ether oxygens (including phenoxy) is 4. The van der Waals surface area contributed by atoms with Crippen molar-refractivity contribution in [1.29, 1.82) is 0 Å². The molecule has 0 fully saturated rings. The van der Waals surface area contributed by atoms with Gasteiger partial charge in [0.1, 0.15) is 11.3 Å². The molecule has 0 aliphatic rings. The first kappa shape index (κ1) is 26.3. The van der Waals surface area contributed by atoms with Gasteiger partial charge in [0.25, 0.3) is 5.91 Å². The van der Waals surface area contributed by atoms with Crippen LogP contribution < -0.4 is 24.4 Å². The van der Waals surface area contributed by atoms with E-state index in [0.29, 0.717) is 6.08 Å². The first-order chi connectivity index (χ1) is 16.1. The average Bonchev–Trinajstić information content (AvgIpc) is 2.83. The second-order valence-corrected chi connectivity index (χ2v) is 6.61. The summed E-state index contributed by atoms with van der Waals surface area (Å²) < 4.78 is 62.2. The Morgan fingerprint density at radius 1 is 0.912 bits per heavy atom. The molecule has 0 spiro atoms. The van der Waals surface area contributed by atoms with E-state index in [4.69, 9.17) is 24.2 Å². The minimum atomic E-state index is -5.00. The fraction of sp³-hybridized carbons (Fsp3) is 0.217. The van der Waals surface area contributed by atoms with Crippen LogP contribution in [0.4, 0.5) is 13.2 Å². The SMILES string of the molecule is COc1ccc(C=C(C(=O)c2cc(OC)c(OC)c(OC)c2)C(F)(F)F)cc1C=CC(=O)NO. The molecule has 2 N–H and O–H groups in total. The molecule has 0 aliphatic heterocycles. The van der Waals surface area contributed by atoms with E-state index in [-0.39, 0.29) is 39.7 Å². The van der Waals surface area contributed by atoms with Gasteiger partial charge in [-0.25, -0.2) is 5.48 Å². The minimum absolute atomic E-state index is 0.0120. The first-order valence-electron chi connectivity index (χ1n) is 9.53. The van der Waals surface area contributed by atoms with Gasteiger partial charge in [-0.2, -0.15) is 13.2 Å². The molecule has 0 aliphatic carbocycles. The lowest BCUT2D eigenvalue weighted by molar-refractivity contribution is -0.124. The largest absolute Gasteiger partial charge is 0.496 e. The molecule has 0 saturated carbocycles. The Morgan fingerprint density at radius 3 is 1.97 bits per heavy atom. The zero-order valence-electron chi connectivity index (χ0n) is 18.6. The number of hydrogen-bond donors (Lipinski definition) is 2. The van der Waals surface area contributed by atoms with Crippen molar-refractivity contribution in [3.63, 3.8) is 0 Å². The average molecular weight is 481 g/mol. The third kappa shape index (κ3) is 6.07. The second kappa shape index (κ2) is 11.2. The molecule has 34 heavy (non-hydrogen) atoms. The van der Waals surface area contributed by atoms with Crippen LogP contribution in [0.2, 0.25) is 0 Å². The van der Waals surface area contributed by atoms with E-state index in [1.807, 2.05) is 0 Å². The number of halogens is 3. The normalized spacial score (nSPS) is 11.8. The predicted octanol–water partition coefficient (Wildman–Crippen LogP) is 4.07.